The number of rotatable bonds is 7. The Labute approximate surface area is 143 Å². The van der Waals surface area contributed by atoms with Gasteiger partial charge in [0, 0.05) is 18.2 Å². The van der Waals surface area contributed by atoms with Crippen LogP contribution in [0.1, 0.15) is 37.6 Å². The van der Waals surface area contributed by atoms with E-state index in [4.69, 9.17) is 0 Å². The van der Waals surface area contributed by atoms with E-state index in [1.54, 1.807) is 0 Å². The summed E-state index contributed by atoms with van der Waals surface area (Å²) in [6.07, 6.45) is 1.02. The van der Waals surface area contributed by atoms with E-state index in [0.717, 1.165) is 29.9 Å². The maximum atomic E-state index is 4.69. The summed E-state index contributed by atoms with van der Waals surface area (Å²) in [6, 6.07) is 21.0. The summed E-state index contributed by atoms with van der Waals surface area (Å²) in [4.78, 5) is 1.81. The van der Waals surface area contributed by atoms with Gasteiger partial charge in [0.25, 0.3) is 0 Å². The predicted octanol–water partition coefficient (Wildman–Crippen LogP) is 4.21. The first kappa shape index (κ1) is 16.4. The molecule has 3 rings (SSSR count). The van der Waals surface area contributed by atoms with Crippen molar-refractivity contribution in [3.05, 3.63) is 71.9 Å². The minimum Gasteiger partial charge on any atom is -0.304 e. The van der Waals surface area contributed by atoms with Crippen LogP contribution < -0.4 is 5.32 Å². The van der Waals surface area contributed by atoms with Crippen molar-refractivity contribution in [2.45, 2.75) is 39.4 Å². The molecule has 0 fully saturated rings. The van der Waals surface area contributed by atoms with Crippen LogP contribution in [0.25, 0.3) is 11.3 Å². The lowest BCUT2D eigenvalue weighted by Gasteiger charge is -2.13. The minimum absolute atomic E-state index is 0.270. The van der Waals surface area contributed by atoms with Crippen molar-refractivity contribution < 1.29 is 0 Å². The highest BCUT2D eigenvalue weighted by Crippen LogP contribution is 2.21. The topological polar surface area (TPSA) is 42.7 Å². The number of benzene rings is 2. The molecule has 24 heavy (non-hydrogen) atoms. The first-order chi connectivity index (χ1) is 11.8. The molecule has 3 aromatic rings. The Balaban J connectivity index is 1.79. The fourth-order valence-corrected chi connectivity index (χ4v) is 2.73. The van der Waals surface area contributed by atoms with Gasteiger partial charge in [0.15, 0.2) is 0 Å². The molecule has 0 radical (unpaired) electrons. The molecule has 1 atom stereocenters. The van der Waals surface area contributed by atoms with Gasteiger partial charge in [-0.15, -0.1) is 0 Å². The summed E-state index contributed by atoms with van der Waals surface area (Å²) >= 11 is 0. The number of aromatic nitrogens is 3. The van der Waals surface area contributed by atoms with Gasteiger partial charge >= 0.3 is 0 Å². The quantitative estimate of drug-likeness (QED) is 0.709. The Kier molecular flexibility index (Phi) is 5.39. The third-order valence-corrected chi connectivity index (χ3v) is 4.07. The first-order valence-electron chi connectivity index (χ1n) is 8.55. The van der Waals surface area contributed by atoms with Crippen LogP contribution in [-0.2, 0) is 13.1 Å². The molecule has 4 heteroatoms. The van der Waals surface area contributed by atoms with E-state index in [0.29, 0.717) is 6.54 Å². The van der Waals surface area contributed by atoms with Crippen LogP contribution in [0.2, 0.25) is 0 Å². The maximum Gasteiger partial charge on any atom is 0.117 e. The second-order valence-electron chi connectivity index (χ2n) is 5.97. The van der Waals surface area contributed by atoms with E-state index in [1.165, 1.54) is 5.56 Å². The van der Waals surface area contributed by atoms with Gasteiger partial charge in [0.1, 0.15) is 11.4 Å². The molecule has 1 heterocycles. The lowest BCUT2D eigenvalue weighted by atomic mass is 10.1. The van der Waals surface area contributed by atoms with Gasteiger partial charge in [-0.05, 0) is 18.9 Å². The summed E-state index contributed by atoms with van der Waals surface area (Å²) in [7, 11) is 0. The number of hydrogen-bond acceptors (Lipinski definition) is 3. The Morgan fingerprint density at radius 2 is 1.62 bits per heavy atom. The van der Waals surface area contributed by atoms with E-state index < -0.39 is 0 Å². The van der Waals surface area contributed by atoms with Crippen molar-refractivity contribution in [2.75, 3.05) is 0 Å². The number of nitrogens with zero attached hydrogens (tertiary/aromatic N) is 3. The van der Waals surface area contributed by atoms with Crippen molar-refractivity contribution in [1.29, 1.82) is 0 Å². The van der Waals surface area contributed by atoms with Crippen LogP contribution in [0.5, 0.6) is 0 Å². The summed E-state index contributed by atoms with van der Waals surface area (Å²) in [5.74, 6) is 0. The molecule has 0 unspecified atom stereocenters. The Morgan fingerprint density at radius 3 is 2.29 bits per heavy atom. The average molecular weight is 320 g/mol. The summed E-state index contributed by atoms with van der Waals surface area (Å²) < 4.78 is 0. The molecule has 0 amide bonds. The standard InChI is InChI=1S/C20H24N4/c1-3-14-24-22-19(20(23-24)18-12-8-5-9-13-18)15-21-16(2)17-10-6-4-7-11-17/h4-13,16,21H,3,14-15H2,1-2H3/t16-/m0/s1. The molecule has 4 nitrogen and oxygen atoms in total. The highest BCUT2D eigenvalue weighted by Gasteiger charge is 2.14. The third-order valence-electron chi connectivity index (χ3n) is 4.07. The maximum absolute atomic E-state index is 4.69. The molecule has 0 aliphatic carbocycles. The van der Waals surface area contributed by atoms with Crippen molar-refractivity contribution in [1.82, 2.24) is 20.3 Å². The van der Waals surface area contributed by atoms with E-state index in [1.807, 2.05) is 29.1 Å². The Hall–Kier alpha value is -2.46. The fraction of sp³-hybridized carbons (Fsp3) is 0.300. The number of aryl methyl sites for hydroxylation is 1. The molecule has 0 bridgehead atoms. The van der Waals surface area contributed by atoms with Gasteiger partial charge in [-0.2, -0.15) is 15.0 Å². The molecular formula is C20H24N4. The van der Waals surface area contributed by atoms with E-state index in [-0.39, 0.29) is 6.04 Å². The van der Waals surface area contributed by atoms with Crippen molar-refractivity contribution in [2.24, 2.45) is 0 Å². The molecule has 0 saturated carbocycles. The van der Waals surface area contributed by atoms with Crippen molar-refractivity contribution in [3.63, 3.8) is 0 Å². The zero-order valence-corrected chi connectivity index (χ0v) is 14.3. The van der Waals surface area contributed by atoms with Crippen LogP contribution >= 0.6 is 0 Å². The van der Waals surface area contributed by atoms with Crippen molar-refractivity contribution >= 4 is 0 Å². The molecular weight excluding hydrogens is 296 g/mol. The largest absolute Gasteiger partial charge is 0.304 e. The lowest BCUT2D eigenvalue weighted by molar-refractivity contribution is 0.513. The van der Waals surface area contributed by atoms with Gasteiger partial charge in [0.05, 0.1) is 6.54 Å². The molecule has 1 aromatic heterocycles. The van der Waals surface area contributed by atoms with E-state index >= 15 is 0 Å². The van der Waals surface area contributed by atoms with Gasteiger partial charge in [-0.3, -0.25) is 0 Å². The first-order valence-corrected chi connectivity index (χ1v) is 8.55. The third kappa shape index (κ3) is 3.89. The number of nitrogens with one attached hydrogen (secondary N) is 1. The Morgan fingerprint density at radius 1 is 0.958 bits per heavy atom. The molecule has 0 saturated heterocycles. The molecule has 2 aromatic carbocycles. The van der Waals surface area contributed by atoms with Crippen LogP contribution in [0.4, 0.5) is 0 Å². The van der Waals surface area contributed by atoms with Crippen LogP contribution in [0.15, 0.2) is 60.7 Å². The van der Waals surface area contributed by atoms with E-state index in [2.05, 4.69) is 65.8 Å². The smallest absolute Gasteiger partial charge is 0.117 e. The zero-order valence-electron chi connectivity index (χ0n) is 14.3. The number of hydrogen-bond donors (Lipinski definition) is 1. The molecule has 1 N–H and O–H groups in total. The van der Waals surface area contributed by atoms with Gasteiger partial charge in [-0.25, -0.2) is 0 Å². The molecule has 0 aliphatic heterocycles. The van der Waals surface area contributed by atoms with Crippen LogP contribution in [0, 0.1) is 0 Å². The molecule has 124 valence electrons. The van der Waals surface area contributed by atoms with Gasteiger partial charge in [0.2, 0.25) is 0 Å². The normalized spacial score (nSPS) is 12.2. The minimum atomic E-state index is 0.270. The average Bonchev–Trinajstić information content (AvgIpc) is 3.04. The monoisotopic (exact) mass is 320 g/mol. The highest BCUT2D eigenvalue weighted by atomic mass is 15.5. The van der Waals surface area contributed by atoms with Crippen LogP contribution in [-0.4, -0.2) is 15.0 Å². The SMILES string of the molecule is CCCn1nc(CN[C@@H](C)c2ccccc2)c(-c2ccccc2)n1. The fourth-order valence-electron chi connectivity index (χ4n) is 2.73. The van der Waals surface area contributed by atoms with E-state index in [9.17, 15) is 0 Å². The summed E-state index contributed by atoms with van der Waals surface area (Å²) in [5.41, 5.74) is 4.36. The van der Waals surface area contributed by atoms with Gasteiger partial charge < -0.3 is 5.32 Å². The summed E-state index contributed by atoms with van der Waals surface area (Å²) in [5, 5.41) is 12.9. The van der Waals surface area contributed by atoms with Crippen molar-refractivity contribution in [3.8, 4) is 11.3 Å². The van der Waals surface area contributed by atoms with Crippen LogP contribution in [0.3, 0.4) is 0 Å². The molecule has 0 spiro atoms. The lowest BCUT2D eigenvalue weighted by Crippen LogP contribution is -2.19. The molecule has 0 aliphatic rings. The summed E-state index contributed by atoms with van der Waals surface area (Å²) in [6.45, 7) is 5.85. The van der Waals surface area contributed by atoms with Gasteiger partial charge in [-0.1, -0.05) is 67.6 Å². The zero-order chi connectivity index (χ0) is 16.8. The second-order valence-corrected chi connectivity index (χ2v) is 5.97. The highest BCUT2D eigenvalue weighted by molar-refractivity contribution is 5.60. The predicted molar refractivity (Wildman–Crippen MR) is 97.4 cm³/mol. The Bertz CT molecular complexity index is 750. The second kappa shape index (κ2) is 7.88.